The van der Waals surface area contributed by atoms with Crippen LogP contribution in [-0.2, 0) is 11.2 Å². The van der Waals surface area contributed by atoms with E-state index in [1.807, 2.05) is 0 Å². The van der Waals surface area contributed by atoms with E-state index in [1.165, 1.54) is 31.2 Å². The summed E-state index contributed by atoms with van der Waals surface area (Å²) in [7, 11) is 0. The molecule has 94 valence electrons. The van der Waals surface area contributed by atoms with Gasteiger partial charge in [-0.1, -0.05) is 43.2 Å². The lowest BCUT2D eigenvalue weighted by Crippen LogP contribution is -2.33. The summed E-state index contributed by atoms with van der Waals surface area (Å²) in [5.74, 6) is 0.583. The molecular weight excluding hydrogens is 210 g/mol. The highest BCUT2D eigenvalue weighted by Gasteiger charge is 2.24. The van der Waals surface area contributed by atoms with Crippen molar-refractivity contribution in [3.05, 3.63) is 35.9 Å². The Morgan fingerprint density at radius 1 is 1.12 bits per heavy atom. The molecule has 0 aliphatic heterocycles. The molecule has 1 fully saturated rings. The molecule has 1 aromatic carbocycles. The quantitative estimate of drug-likeness (QED) is 0.848. The highest BCUT2D eigenvalue weighted by Crippen LogP contribution is 2.26. The molecule has 0 heterocycles. The van der Waals surface area contributed by atoms with Gasteiger partial charge in [-0.25, -0.2) is 0 Å². The Balaban J connectivity index is 1.74. The Hall–Kier alpha value is -0.860. The molecule has 2 unspecified atom stereocenters. The smallest absolute Gasteiger partial charge is 0.0615 e. The second-order valence-electron chi connectivity index (χ2n) is 4.93. The first-order valence-electron chi connectivity index (χ1n) is 6.75. The van der Waals surface area contributed by atoms with Crippen LogP contribution < -0.4 is 5.73 Å². The van der Waals surface area contributed by atoms with E-state index in [0.717, 1.165) is 19.6 Å². The summed E-state index contributed by atoms with van der Waals surface area (Å²) in [5, 5.41) is 0. The van der Waals surface area contributed by atoms with Gasteiger partial charge >= 0.3 is 0 Å². The van der Waals surface area contributed by atoms with Crippen molar-refractivity contribution in [2.24, 2.45) is 11.7 Å². The zero-order valence-electron chi connectivity index (χ0n) is 10.5. The Labute approximate surface area is 104 Å². The standard InChI is InChI=1S/C15H23NO/c16-12-14-8-4-5-9-15(14)17-11-10-13-6-2-1-3-7-13/h1-3,6-7,14-15H,4-5,8-12,16H2. The third-order valence-corrected chi connectivity index (χ3v) is 3.71. The van der Waals surface area contributed by atoms with Crippen LogP contribution in [0, 0.1) is 5.92 Å². The van der Waals surface area contributed by atoms with Gasteiger partial charge in [0.1, 0.15) is 0 Å². The maximum atomic E-state index is 6.01. The molecule has 1 aliphatic rings. The van der Waals surface area contributed by atoms with Gasteiger partial charge in [-0.2, -0.15) is 0 Å². The van der Waals surface area contributed by atoms with Crippen LogP contribution in [0.4, 0.5) is 0 Å². The van der Waals surface area contributed by atoms with E-state index in [1.54, 1.807) is 0 Å². The van der Waals surface area contributed by atoms with Gasteiger partial charge in [-0.3, -0.25) is 0 Å². The average Bonchev–Trinajstić information content (AvgIpc) is 2.40. The monoisotopic (exact) mass is 233 g/mol. The predicted molar refractivity (Wildman–Crippen MR) is 70.9 cm³/mol. The fourth-order valence-electron chi connectivity index (χ4n) is 2.64. The number of hydrogen-bond donors (Lipinski definition) is 1. The van der Waals surface area contributed by atoms with Crippen molar-refractivity contribution >= 4 is 0 Å². The van der Waals surface area contributed by atoms with Crippen molar-refractivity contribution in [2.45, 2.75) is 38.2 Å². The summed E-state index contributed by atoms with van der Waals surface area (Å²) in [4.78, 5) is 0. The van der Waals surface area contributed by atoms with Crippen LogP contribution in [0.2, 0.25) is 0 Å². The minimum absolute atomic E-state index is 0.400. The lowest BCUT2D eigenvalue weighted by molar-refractivity contribution is -0.00633. The van der Waals surface area contributed by atoms with E-state index in [2.05, 4.69) is 30.3 Å². The fourth-order valence-corrected chi connectivity index (χ4v) is 2.64. The maximum absolute atomic E-state index is 6.01. The normalized spacial score (nSPS) is 24.8. The summed E-state index contributed by atoms with van der Waals surface area (Å²) in [6, 6.07) is 10.5. The molecule has 1 aliphatic carbocycles. The number of benzene rings is 1. The summed E-state index contributed by atoms with van der Waals surface area (Å²) in [6.07, 6.45) is 6.46. The Morgan fingerprint density at radius 2 is 1.88 bits per heavy atom. The summed E-state index contributed by atoms with van der Waals surface area (Å²) >= 11 is 0. The highest BCUT2D eigenvalue weighted by molar-refractivity contribution is 5.14. The first-order valence-corrected chi connectivity index (χ1v) is 6.75. The molecule has 0 bridgehead atoms. The first-order chi connectivity index (χ1) is 8.40. The van der Waals surface area contributed by atoms with Crippen molar-refractivity contribution in [3.63, 3.8) is 0 Å². The zero-order valence-corrected chi connectivity index (χ0v) is 10.5. The third kappa shape index (κ3) is 3.83. The zero-order chi connectivity index (χ0) is 11.9. The Kier molecular flexibility index (Phi) is 5.02. The van der Waals surface area contributed by atoms with Crippen LogP contribution in [0.1, 0.15) is 31.2 Å². The first kappa shape index (κ1) is 12.6. The van der Waals surface area contributed by atoms with Crippen LogP contribution in [0.25, 0.3) is 0 Å². The summed E-state index contributed by atoms with van der Waals surface area (Å²) < 4.78 is 6.01. The van der Waals surface area contributed by atoms with Gasteiger partial charge in [0.2, 0.25) is 0 Å². The van der Waals surface area contributed by atoms with Gasteiger partial charge in [-0.05, 0) is 37.3 Å². The molecular formula is C15H23NO. The lowest BCUT2D eigenvalue weighted by atomic mass is 9.86. The second-order valence-corrected chi connectivity index (χ2v) is 4.93. The minimum Gasteiger partial charge on any atom is -0.378 e. The summed E-state index contributed by atoms with van der Waals surface area (Å²) in [5.41, 5.74) is 7.15. The average molecular weight is 233 g/mol. The molecule has 0 amide bonds. The van der Waals surface area contributed by atoms with Gasteiger partial charge in [0.25, 0.3) is 0 Å². The van der Waals surface area contributed by atoms with Gasteiger partial charge in [0.05, 0.1) is 12.7 Å². The van der Waals surface area contributed by atoms with Crippen LogP contribution in [-0.4, -0.2) is 19.3 Å². The minimum atomic E-state index is 0.400. The van der Waals surface area contributed by atoms with E-state index in [9.17, 15) is 0 Å². The molecule has 17 heavy (non-hydrogen) atoms. The number of hydrogen-bond acceptors (Lipinski definition) is 2. The van der Waals surface area contributed by atoms with E-state index < -0.39 is 0 Å². The summed E-state index contributed by atoms with van der Waals surface area (Å²) in [6.45, 7) is 1.60. The SMILES string of the molecule is NCC1CCCCC1OCCc1ccccc1. The van der Waals surface area contributed by atoms with Gasteiger partial charge < -0.3 is 10.5 Å². The molecule has 0 saturated heterocycles. The number of nitrogens with two attached hydrogens (primary N) is 1. The molecule has 2 rings (SSSR count). The molecule has 2 atom stereocenters. The molecule has 0 aromatic heterocycles. The molecule has 0 radical (unpaired) electrons. The van der Waals surface area contributed by atoms with E-state index in [-0.39, 0.29) is 0 Å². The Bertz CT molecular complexity index is 312. The van der Waals surface area contributed by atoms with Crippen LogP contribution in [0.3, 0.4) is 0 Å². The molecule has 1 aromatic rings. The van der Waals surface area contributed by atoms with Crippen molar-refractivity contribution in [2.75, 3.05) is 13.2 Å². The third-order valence-electron chi connectivity index (χ3n) is 3.71. The van der Waals surface area contributed by atoms with E-state index in [4.69, 9.17) is 10.5 Å². The molecule has 0 spiro atoms. The topological polar surface area (TPSA) is 35.2 Å². The van der Waals surface area contributed by atoms with Crippen molar-refractivity contribution in [1.29, 1.82) is 0 Å². The van der Waals surface area contributed by atoms with Gasteiger partial charge in [0, 0.05) is 0 Å². The van der Waals surface area contributed by atoms with Gasteiger partial charge in [-0.15, -0.1) is 0 Å². The predicted octanol–water partition coefficient (Wildman–Crippen LogP) is 2.76. The molecule has 2 N–H and O–H groups in total. The number of rotatable bonds is 5. The van der Waals surface area contributed by atoms with Crippen molar-refractivity contribution in [3.8, 4) is 0 Å². The largest absolute Gasteiger partial charge is 0.378 e. The molecule has 2 heteroatoms. The molecule has 1 saturated carbocycles. The van der Waals surface area contributed by atoms with Crippen molar-refractivity contribution < 1.29 is 4.74 Å². The van der Waals surface area contributed by atoms with Crippen LogP contribution in [0.5, 0.6) is 0 Å². The van der Waals surface area contributed by atoms with Crippen LogP contribution >= 0.6 is 0 Å². The fraction of sp³-hybridized carbons (Fsp3) is 0.600. The second kappa shape index (κ2) is 6.77. The maximum Gasteiger partial charge on any atom is 0.0615 e. The lowest BCUT2D eigenvalue weighted by Gasteiger charge is -2.30. The van der Waals surface area contributed by atoms with E-state index >= 15 is 0 Å². The number of ether oxygens (including phenoxy) is 1. The van der Waals surface area contributed by atoms with Crippen LogP contribution in [0.15, 0.2) is 30.3 Å². The molecule has 2 nitrogen and oxygen atoms in total. The van der Waals surface area contributed by atoms with E-state index in [0.29, 0.717) is 12.0 Å². The Morgan fingerprint density at radius 3 is 2.65 bits per heavy atom. The highest BCUT2D eigenvalue weighted by atomic mass is 16.5. The van der Waals surface area contributed by atoms with Crippen molar-refractivity contribution in [1.82, 2.24) is 0 Å². The van der Waals surface area contributed by atoms with Gasteiger partial charge in [0.15, 0.2) is 0 Å².